The molecule has 1 aliphatic rings. The molecule has 0 bridgehead atoms. The SMILES string of the molecule is CC(NC(=O)CN1C(=O)NC(C)(c2ccc(C#N)cc2)C1=O)c1ccccc1Cl. The quantitative estimate of drug-likeness (QED) is 0.740. The summed E-state index contributed by atoms with van der Waals surface area (Å²) in [5.74, 6) is -1.02. The molecule has 1 saturated heterocycles. The molecule has 2 unspecified atom stereocenters. The smallest absolute Gasteiger partial charge is 0.325 e. The Morgan fingerprint density at radius 1 is 1.24 bits per heavy atom. The maximum Gasteiger partial charge on any atom is 0.325 e. The van der Waals surface area contributed by atoms with Crippen LogP contribution in [0.25, 0.3) is 0 Å². The maximum atomic E-state index is 12.9. The maximum absolute atomic E-state index is 12.9. The molecule has 2 aromatic rings. The van der Waals surface area contributed by atoms with Crippen LogP contribution < -0.4 is 10.6 Å². The van der Waals surface area contributed by atoms with Crippen LogP contribution >= 0.6 is 11.6 Å². The number of hydrogen-bond acceptors (Lipinski definition) is 4. The minimum absolute atomic E-state index is 0.387. The zero-order valence-corrected chi connectivity index (χ0v) is 16.7. The van der Waals surface area contributed by atoms with Crippen LogP contribution in [0.4, 0.5) is 4.79 Å². The van der Waals surface area contributed by atoms with E-state index >= 15 is 0 Å². The van der Waals surface area contributed by atoms with Crippen molar-refractivity contribution in [1.82, 2.24) is 15.5 Å². The number of carbonyl (C=O) groups excluding carboxylic acids is 3. The van der Waals surface area contributed by atoms with E-state index in [0.717, 1.165) is 10.5 Å². The Labute approximate surface area is 173 Å². The van der Waals surface area contributed by atoms with Crippen molar-refractivity contribution >= 4 is 29.4 Å². The number of rotatable bonds is 5. The van der Waals surface area contributed by atoms with Crippen LogP contribution in [-0.2, 0) is 15.1 Å². The van der Waals surface area contributed by atoms with Crippen molar-refractivity contribution in [3.05, 3.63) is 70.2 Å². The van der Waals surface area contributed by atoms with Gasteiger partial charge >= 0.3 is 6.03 Å². The fourth-order valence-corrected chi connectivity index (χ4v) is 3.55. The van der Waals surface area contributed by atoms with Gasteiger partial charge in [0.05, 0.1) is 17.7 Å². The lowest BCUT2D eigenvalue weighted by Gasteiger charge is -2.22. The minimum atomic E-state index is -1.31. The average Bonchev–Trinajstić information content (AvgIpc) is 2.92. The second kappa shape index (κ2) is 7.94. The first kappa shape index (κ1) is 20.4. The molecule has 0 aromatic heterocycles. The molecule has 8 heteroatoms. The van der Waals surface area contributed by atoms with Crippen molar-refractivity contribution in [3.63, 3.8) is 0 Å². The van der Waals surface area contributed by atoms with Crippen LogP contribution in [0.15, 0.2) is 48.5 Å². The standard InChI is InChI=1S/C21H19ClN4O3/c1-13(16-5-3-4-6-17(16)22)24-18(27)12-26-19(28)21(2,25-20(26)29)15-9-7-14(11-23)8-10-15/h3-10,13H,12H2,1-2H3,(H,24,27)(H,25,29). The van der Waals surface area contributed by atoms with E-state index in [9.17, 15) is 14.4 Å². The Bertz CT molecular complexity index is 1020. The van der Waals surface area contributed by atoms with E-state index in [1.807, 2.05) is 12.1 Å². The molecule has 148 valence electrons. The summed E-state index contributed by atoms with van der Waals surface area (Å²) in [4.78, 5) is 38.6. The summed E-state index contributed by atoms with van der Waals surface area (Å²) in [6, 6.07) is 14.4. The van der Waals surface area contributed by atoms with E-state index in [1.54, 1.807) is 56.3 Å². The first-order valence-corrected chi connectivity index (χ1v) is 9.32. The number of nitriles is 1. The lowest BCUT2D eigenvalue weighted by atomic mass is 9.91. The van der Waals surface area contributed by atoms with Gasteiger partial charge < -0.3 is 10.6 Å². The van der Waals surface area contributed by atoms with Gasteiger partial charge in [-0.1, -0.05) is 41.9 Å². The molecular weight excluding hydrogens is 392 g/mol. The molecule has 2 aromatic carbocycles. The van der Waals surface area contributed by atoms with E-state index in [2.05, 4.69) is 10.6 Å². The number of urea groups is 1. The molecule has 1 fully saturated rings. The zero-order chi connectivity index (χ0) is 21.2. The predicted molar refractivity (Wildman–Crippen MR) is 107 cm³/mol. The molecule has 3 rings (SSSR count). The van der Waals surface area contributed by atoms with Crippen molar-refractivity contribution in [1.29, 1.82) is 5.26 Å². The minimum Gasteiger partial charge on any atom is -0.348 e. The third-order valence-corrected chi connectivity index (χ3v) is 5.26. The first-order valence-electron chi connectivity index (χ1n) is 8.95. The zero-order valence-electron chi connectivity index (χ0n) is 15.9. The Morgan fingerprint density at radius 2 is 1.90 bits per heavy atom. The highest BCUT2D eigenvalue weighted by atomic mass is 35.5. The van der Waals surface area contributed by atoms with Gasteiger partial charge in [-0.05, 0) is 43.2 Å². The van der Waals surface area contributed by atoms with Crippen LogP contribution in [0.2, 0.25) is 5.02 Å². The Balaban J connectivity index is 1.72. The molecule has 4 amide bonds. The van der Waals surface area contributed by atoms with E-state index in [1.165, 1.54) is 0 Å². The van der Waals surface area contributed by atoms with Gasteiger partial charge in [-0.2, -0.15) is 5.26 Å². The summed E-state index contributed by atoms with van der Waals surface area (Å²) >= 11 is 6.15. The highest BCUT2D eigenvalue weighted by molar-refractivity contribution is 6.31. The number of nitrogens with one attached hydrogen (secondary N) is 2. The molecule has 0 spiro atoms. The first-order chi connectivity index (χ1) is 13.8. The number of nitrogens with zero attached hydrogens (tertiary/aromatic N) is 2. The number of halogens is 1. The largest absolute Gasteiger partial charge is 0.348 e. The van der Waals surface area contributed by atoms with E-state index < -0.39 is 29.9 Å². The van der Waals surface area contributed by atoms with Gasteiger partial charge in [-0.25, -0.2) is 4.79 Å². The van der Waals surface area contributed by atoms with Crippen molar-refractivity contribution in [2.75, 3.05) is 6.54 Å². The summed E-state index contributed by atoms with van der Waals surface area (Å²) in [6.45, 7) is 2.93. The molecule has 1 aliphatic heterocycles. The molecule has 2 N–H and O–H groups in total. The van der Waals surface area contributed by atoms with Gasteiger partial charge in [0.1, 0.15) is 12.1 Å². The van der Waals surface area contributed by atoms with Gasteiger partial charge in [-0.3, -0.25) is 14.5 Å². The van der Waals surface area contributed by atoms with Crippen LogP contribution in [-0.4, -0.2) is 29.3 Å². The van der Waals surface area contributed by atoms with Gasteiger partial charge in [-0.15, -0.1) is 0 Å². The predicted octanol–water partition coefficient (Wildman–Crippen LogP) is 2.86. The van der Waals surface area contributed by atoms with Gasteiger partial charge in [0, 0.05) is 5.02 Å². The van der Waals surface area contributed by atoms with E-state index in [-0.39, 0.29) is 6.04 Å². The monoisotopic (exact) mass is 410 g/mol. The van der Waals surface area contributed by atoms with Gasteiger partial charge in [0.25, 0.3) is 5.91 Å². The van der Waals surface area contributed by atoms with Crippen molar-refractivity contribution < 1.29 is 14.4 Å². The highest BCUT2D eigenvalue weighted by Gasteiger charge is 2.49. The number of hydrogen-bond donors (Lipinski definition) is 2. The summed E-state index contributed by atoms with van der Waals surface area (Å²) in [5, 5.41) is 14.8. The third kappa shape index (κ3) is 3.93. The van der Waals surface area contributed by atoms with Crippen LogP contribution in [0.1, 0.15) is 36.6 Å². The van der Waals surface area contributed by atoms with Gasteiger partial charge in [0.2, 0.25) is 5.91 Å². The molecule has 1 heterocycles. The number of benzene rings is 2. The number of amides is 4. The molecule has 7 nitrogen and oxygen atoms in total. The molecule has 2 atom stereocenters. The van der Waals surface area contributed by atoms with Crippen molar-refractivity contribution in [2.45, 2.75) is 25.4 Å². The fraction of sp³-hybridized carbons (Fsp3) is 0.238. The molecule has 0 saturated carbocycles. The van der Waals surface area contributed by atoms with Crippen molar-refractivity contribution in [3.8, 4) is 6.07 Å². The summed E-state index contributed by atoms with van der Waals surface area (Å²) in [5.41, 5.74) is 0.405. The normalized spacial score (nSPS) is 19.4. The summed E-state index contributed by atoms with van der Waals surface area (Å²) in [7, 11) is 0. The molecule has 0 aliphatic carbocycles. The van der Waals surface area contributed by atoms with Gasteiger partial charge in [0.15, 0.2) is 0 Å². The van der Waals surface area contributed by atoms with Crippen molar-refractivity contribution in [2.24, 2.45) is 0 Å². The Kier molecular flexibility index (Phi) is 5.57. The Hall–Kier alpha value is -3.37. The third-order valence-electron chi connectivity index (χ3n) is 4.92. The van der Waals surface area contributed by atoms with Crippen LogP contribution in [0, 0.1) is 11.3 Å². The number of carbonyl (C=O) groups is 3. The lowest BCUT2D eigenvalue weighted by molar-refractivity contribution is -0.135. The van der Waals surface area contributed by atoms with Crippen LogP contribution in [0.3, 0.4) is 0 Å². The number of imide groups is 1. The molecular formula is C21H19ClN4O3. The summed E-state index contributed by atoms with van der Waals surface area (Å²) < 4.78 is 0. The van der Waals surface area contributed by atoms with E-state index in [4.69, 9.17) is 16.9 Å². The second-order valence-corrected chi connectivity index (χ2v) is 7.35. The van der Waals surface area contributed by atoms with Crippen LogP contribution in [0.5, 0.6) is 0 Å². The molecule has 29 heavy (non-hydrogen) atoms. The van der Waals surface area contributed by atoms with E-state index in [0.29, 0.717) is 16.1 Å². The second-order valence-electron chi connectivity index (χ2n) is 6.95. The average molecular weight is 411 g/mol. The lowest BCUT2D eigenvalue weighted by Crippen LogP contribution is -2.43. The molecule has 0 radical (unpaired) electrons. The highest BCUT2D eigenvalue weighted by Crippen LogP contribution is 2.29. The summed E-state index contributed by atoms with van der Waals surface area (Å²) in [6.07, 6.45) is 0. The fourth-order valence-electron chi connectivity index (χ4n) is 3.25. The topological polar surface area (TPSA) is 102 Å². The Morgan fingerprint density at radius 3 is 2.52 bits per heavy atom.